The molecular weight excluding hydrogens is 445 g/mol. The molecular formula is C23H24ClF3N2O3. The molecule has 0 atom stereocenters. The van der Waals surface area contributed by atoms with Crippen molar-refractivity contribution in [3.63, 3.8) is 0 Å². The van der Waals surface area contributed by atoms with E-state index in [4.69, 9.17) is 16.3 Å². The zero-order valence-corrected chi connectivity index (χ0v) is 18.3. The Morgan fingerprint density at radius 2 is 1.78 bits per heavy atom. The number of benzene rings is 2. The number of rotatable bonds is 6. The Morgan fingerprint density at radius 3 is 2.38 bits per heavy atom. The first-order chi connectivity index (χ1) is 15.2. The number of piperidine rings is 1. The van der Waals surface area contributed by atoms with Crippen molar-refractivity contribution in [3.05, 3.63) is 58.6 Å². The van der Waals surface area contributed by atoms with Crippen molar-refractivity contribution >= 4 is 29.1 Å². The SMILES string of the molecule is CCCOc1ccc(C(F)(F)F)cc1NC(=O)C1CCN(C(=O)c2ccc(Cl)cc2)CC1. The molecule has 1 aliphatic heterocycles. The van der Waals surface area contributed by atoms with Gasteiger partial charge in [0.15, 0.2) is 0 Å². The lowest BCUT2D eigenvalue weighted by Gasteiger charge is -2.31. The van der Waals surface area contributed by atoms with Gasteiger partial charge in [-0.15, -0.1) is 0 Å². The minimum Gasteiger partial charge on any atom is -0.491 e. The molecule has 3 rings (SSSR count). The number of amides is 2. The van der Waals surface area contributed by atoms with Crippen LogP contribution in [0.2, 0.25) is 5.02 Å². The summed E-state index contributed by atoms with van der Waals surface area (Å²) in [6.07, 6.45) is -3.03. The van der Waals surface area contributed by atoms with Crippen LogP contribution in [0, 0.1) is 5.92 Å². The third-order valence-corrected chi connectivity index (χ3v) is 5.52. The predicted molar refractivity (Wildman–Crippen MR) is 116 cm³/mol. The van der Waals surface area contributed by atoms with Crippen LogP contribution in [0.25, 0.3) is 0 Å². The average molecular weight is 469 g/mol. The van der Waals surface area contributed by atoms with E-state index >= 15 is 0 Å². The summed E-state index contributed by atoms with van der Waals surface area (Å²) in [6, 6.07) is 9.62. The molecule has 0 saturated carbocycles. The van der Waals surface area contributed by atoms with E-state index in [0.717, 1.165) is 12.1 Å². The van der Waals surface area contributed by atoms with Crippen molar-refractivity contribution in [2.45, 2.75) is 32.4 Å². The smallest absolute Gasteiger partial charge is 0.416 e. The van der Waals surface area contributed by atoms with E-state index < -0.39 is 17.7 Å². The quantitative estimate of drug-likeness (QED) is 0.597. The molecule has 2 aromatic carbocycles. The van der Waals surface area contributed by atoms with Gasteiger partial charge in [0, 0.05) is 29.6 Å². The Labute approximate surface area is 189 Å². The highest BCUT2D eigenvalue weighted by molar-refractivity contribution is 6.30. The van der Waals surface area contributed by atoms with Crippen molar-refractivity contribution in [1.82, 2.24) is 4.90 Å². The van der Waals surface area contributed by atoms with Gasteiger partial charge in [-0.2, -0.15) is 13.2 Å². The summed E-state index contributed by atoms with van der Waals surface area (Å²) in [6.45, 7) is 2.95. The van der Waals surface area contributed by atoms with Crippen LogP contribution in [0.5, 0.6) is 5.75 Å². The molecule has 2 amide bonds. The molecule has 1 fully saturated rings. The van der Waals surface area contributed by atoms with Crippen LogP contribution >= 0.6 is 11.6 Å². The van der Waals surface area contributed by atoms with E-state index in [1.807, 2.05) is 6.92 Å². The average Bonchev–Trinajstić information content (AvgIpc) is 2.77. The number of hydrogen-bond donors (Lipinski definition) is 1. The molecule has 0 bridgehead atoms. The highest BCUT2D eigenvalue weighted by atomic mass is 35.5. The summed E-state index contributed by atoms with van der Waals surface area (Å²) in [4.78, 5) is 27.0. The van der Waals surface area contributed by atoms with Crippen LogP contribution in [0.3, 0.4) is 0 Å². The molecule has 9 heteroatoms. The number of anilines is 1. The lowest BCUT2D eigenvalue weighted by atomic mass is 9.95. The first-order valence-electron chi connectivity index (χ1n) is 10.4. The van der Waals surface area contributed by atoms with E-state index in [2.05, 4.69) is 5.32 Å². The van der Waals surface area contributed by atoms with Crippen LogP contribution in [0.1, 0.15) is 42.1 Å². The minimum atomic E-state index is -4.53. The van der Waals surface area contributed by atoms with Gasteiger partial charge in [-0.05, 0) is 61.7 Å². The highest BCUT2D eigenvalue weighted by Gasteiger charge is 2.32. The van der Waals surface area contributed by atoms with Crippen LogP contribution in [-0.4, -0.2) is 36.4 Å². The molecule has 1 aliphatic rings. The Kier molecular flexibility index (Phi) is 7.66. The lowest BCUT2D eigenvalue weighted by molar-refractivity contribution is -0.137. The molecule has 1 heterocycles. The third-order valence-electron chi connectivity index (χ3n) is 5.27. The van der Waals surface area contributed by atoms with E-state index in [1.165, 1.54) is 6.07 Å². The van der Waals surface area contributed by atoms with Crippen LogP contribution < -0.4 is 10.1 Å². The summed E-state index contributed by atoms with van der Waals surface area (Å²) in [7, 11) is 0. The van der Waals surface area contributed by atoms with E-state index in [1.54, 1.807) is 29.2 Å². The molecule has 5 nitrogen and oxygen atoms in total. The number of alkyl halides is 3. The molecule has 2 aromatic rings. The molecule has 1 N–H and O–H groups in total. The summed E-state index contributed by atoms with van der Waals surface area (Å²) in [5.41, 5.74) is -0.350. The van der Waals surface area contributed by atoms with E-state index in [0.29, 0.717) is 49.5 Å². The van der Waals surface area contributed by atoms with Gasteiger partial charge in [0.1, 0.15) is 5.75 Å². The number of halogens is 4. The second-order valence-electron chi connectivity index (χ2n) is 7.62. The number of nitrogens with zero attached hydrogens (tertiary/aromatic N) is 1. The first-order valence-corrected chi connectivity index (χ1v) is 10.8. The zero-order valence-electron chi connectivity index (χ0n) is 17.5. The summed E-state index contributed by atoms with van der Waals surface area (Å²) in [5.74, 6) is -0.751. The number of nitrogens with one attached hydrogen (secondary N) is 1. The molecule has 32 heavy (non-hydrogen) atoms. The molecule has 0 spiro atoms. The van der Waals surface area contributed by atoms with E-state index in [-0.39, 0.29) is 23.3 Å². The van der Waals surface area contributed by atoms with Gasteiger partial charge in [-0.1, -0.05) is 18.5 Å². The van der Waals surface area contributed by atoms with Crippen molar-refractivity contribution in [2.24, 2.45) is 5.92 Å². The van der Waals surface area contributed by atoms with Crippen LogP contribution in [0.4, 0.5) is 18.9 Å². The fourth-order valence-corrected chi connectivity index (χ4v) is 3.62. The fourth-order valence-electron chi connectivity index (χ4n) is 3.50. The first kappa shape index (κ1) is 23.9. The second kappa shape index (κ2) is 10.3. The Hall–Kier alpha value is -2.74. The maximum Gasteiger partial charge on any atom is 0.416 e. The molecule has 0 aromatic heterocycles. The fraction of sp³-hybridized carbons (Fsp3) is 0.391. The molecule has 1 saturated heterocycles. The number of carbonyl (C=O) groups is 2. The number of carbonyl (C=O) groups excluding carboxylic acids is 2. The Morgan fingerprint density at radius 1 is 1.12 bits per heavy atom. The standard InChI is InChI=1S/C23H24ClF3N2O3/c1-2-13-32-20-8-5-17(23(25,26)27)14-19(20)28-21(30)15-9-11-29(12-10-15)22(31)16-3-6-18(24)7-4-16/h3-8,14-15H,2,9-13H2,1H3,(H,28,30). The van der Waals surface area contributed by atoms with Gasteiger partial charge in [-0.3, -0.25) is 9.59 Å². The molecule has 172 valence electrons. The predicted octanol–water partition coefficient (Wildman–Crippen LogP) is 5.64. The summed E-state index contributed by atoms with van der Waals surface area (Å²) in [5, 5.41) is 3.14. The third kappa shape index (κ3) is 5.94. The van der Waals surface area contributed by atoms with E-state index in [9.17, 15) is 22.8 Å². The van der Waals surface area contributed by atoms with Crippen molar-refractivity contribution < 1.29 is 27.5 Å². The van der Waals surface area contributed by atoms with Crippen LogP contribution in [0.15, 0.2) is 42.5 Å². The Bertz CT molecular complexity index is 956. The van der Waals surface area contributed by atoms with Gasteiger partial charge in [-0.25, -0.2) is 0 Å². The monoisotopic (exact) mass is 468 g/mol. The largest absolute Gasteiger partial charge is 0.491 e. The molecule has 0 aliphatic carbocycles. The second-order valence-corrected chi connectivity index (χ2v) is 8.06. The maximum absolute atomic E-state index is 13.1. The van der Waals surface area contributed by atoms with Crippen molar-refractivity contribution in [1.29, 1.82) is 0 Å². The van der Waals surface area contributed by atoms with Gasteiger partial charge in [0.2, 0.25) is 5.91 Å². The molecule has 0 unspecified atom stereocenters. The number of likely N-dealkylation sites (tertiary alicyclic amines) is 1. The number of ether oxygens (including phenoxy) is 1. The van der Waals surface area contributed by atoms with Gasteiger partial charge in [0.05, 0.1) is 17.9 Å². The van der Waals surface area contributed by atoms with Gasteiger partial charge < -0.3 is 15.0 Å². The minimum absolute atomic E-state index is 0.00190. The summed E-state index contributed by atoms with van der Waals surface area (Å²) >= 11 is 5.86. The zero-order chi connectivity index (χ0) is 23.3. The maximum atomic E-state index is 13.1. The van der Waals surface area contributed by atoms with Gasteiger partial charge >= 0.3 is 6.18 Å². The Balaban J connectivity index is 1.65. The molecule has 0 radical (unpaired) electrons. The lowest BCUT2D eigenvalue weighted by Crippen LogP contribution is -2.41. The highest BCUT2D eigenvalue weighted by Crippen LogP contribution is 2.35. The normalized spacial score (nSPS) is 14.8. The number of hydrogen-bond acceptors (Lipinski definition) is 3. The van der Waals surface area contributed by atoms with Crippen LogP contribution in [-0.2, 0) is 11.0 Å². The topological polar surface area (TPSA) is 58.6 Å². The van der Waals surface area contributed by atoms with Gasteiger partial charge in [0.25, 0.3) is 5.91 Å². The van der Waals surface area contributed by atoms with Crippen molar-refractivity contribution in [3.8, 4) is 5.75 Å². The summed E-state index contributed by atoms with van der Waals surface area (Å²) < 4.78 is 44.9. The van der Waals surface area contributed by atoms with Crippen molar-refractivity contribution in [2.75, 3.05) is 25.0 Å².